The highest BCUT2D eigenvalue weighted by atomic mass is 35.5. The highest BCUT2D eigenvalue weighted by Gasteiger charge is 2.34. The van der Waals surface area contributed by atoms with Gasteiger partial charge in [0.25, 0.3) is 0 Å². The molecule has 0 unspecified atom stereocenters. The van der Waals surface area contributed by atoms with E-state index in [0.29, 0.717) is 10.7 Å². The Morgan fingerprint density at radius 2 is 1.88 bits per heavy atom. The SMILES string of the molecule is Cc1ccc(Cl)cc1N([C@H](C)C(=O)N(C)C1CCCC1)S(C)(=O)=O. The average Bonchev–Trinajstić information content (AvgIpc) is 3.02. The Labute approximate surface area is 149 Å². The van der Waals surface area contributed by atoms with E-state index >= 15 is 0 Å². The number of hydrogen-bond acceptors (Lipinski definition) is 3. The molecule has 1 aliphatic rings. The Bertz CT molecular complexity index is 715. The normalized spacial score (nSPS) is 16.9. The maximum absolute atomic E-state index is 12.9. The number of rotatable bonds is 5. The second-order valence-corrected chi connectivity index (χ2v) is 8.85. The molecule has 0 saturated heterocycles. The topological polar surface area (TPSA) is 57.7 Å². The Balaban J connectivity index is 2.37. The molecule has 24 heavy (non-hydrogen) atoms. The van der Waals surface area contributed by atoms with Crippen LogP contribution in [-0.4, -0.2) is 44.6 Å². The largest absolute Gasteiger partial charge is 0.341 e. The molecule has 1 atom stereocenters. The molecule has 0 spiro atoms. The highest BCUT2D eigenvalue weighted by molar-refractivity contribution is 7.92. The first-order valence-corrected chi connectivity index (χ1v) is 10.4. The van der Waals surface area contributed by atoms with Gasteiger partial charge < -0.3 is 4.90 Å². The Hall–Kier alpha value is -1.27. The van der Waals surface area contributed by atoms with E-state index in [0.717, 1.165) is 37.5 Å². The van der Waals surface area contributed by atoms with E-state index in [1.54, 1.807) is 37.1 Å². The first-order chi connectivity index (χ1) is 11.1. The molecule has 134 valence electrons. The third-order valence-corrected chi connectivity index (χ3v) is 6.16. The van der Waals surface area contributed by atoms with Gasteiger partial charge in [-0.15, -0.1) is 0 Å². The zero-order valence-corrected chi connectivity index (χ0v) is 16.2. The van der Waals surface area contributed by atoms with Gasteiger partial charge in [0.15, 0.2) is 0 Å². The second kappa shape index (κ2) is 7.31. The number of aryl methyl sites for hydroxylation is 1. The van der Waals surface area contributed by atoms with Gasteiger partial charge in [0.05, 0.1) is 11.9 Å². The maximum Gasteiger partial charge on any atom is 0.246 e. The summed E-state index contributed by atoms with van der Waals surface area (Å²) < 4.78 is 26.0. The highest BCUT2D eigenvalue weighted by Crippen LogP contribution is 2.30. The van der Waals surface area contributed by atoms with Crippen molar-refractivity contribution in [3.8, 4) is 0 Å². The summed E-state index contributed by atoms with van der Waals surface area (Å²) in [5, 5.41) is 0.438. The van der Waals surface area contributed by atoms with Crippen LogP contribution in [0, 0.1) is 6.92 Å². The van der Waals surface area contributed by atoms with Crippen LogP contribution in [0.25, 0.3) is 0 Å². The smallest absolute Gasteiger partial charge is 0.246 e. The zero-order valence-electron chi connectivity index (χ0n) is 14.6. The van der Waals surface area contributed by atoms with Crippen LogP contribution in [0.5, 0.6) is 0 Å². The molecule has 2 rings (SSSR count). The van der Waals surface area contributed by atoms with Crippen molar-refractivity contribution >= 4 is 33.2 Å². The molecular formula is C17H25ClN2O3S. The van der Waals surface area contributed by atoms with Crippen LogP contribution in [-0.2, 0) is 14.8 Å². The van der Waals surface area contributed by atoms with Crippen molar-refractivity contribution in [2.24, 2.45) is 0 Å². The Morgan fingerprint density at radius 3 is 2.42 bits per heavy atom. The van der Waals surface area contributed by atoms with Crippen molar-refractivity contribution < 1.29 is 13.2 Å². The van der Waals surface area contributed by atoms with Crippen LogP contribution in [0.1, 0.15) is 38.2 Å². The molecule has 0 aromatic heterocycles. The number of carbonyl (C=O) groups excluding carboxylic acids is 1. The number of benzene rings is 1. The lowest BCUT2D eigenvalue weighted by atomic mass is 10.1. The van der Waals surface area contributed by atoms with E-state index in [1.807, 2.05) is 6.92 Å². The summed E-state index contributed by atoms with van der Waals surface area (Å²) in [4.78, 5) is 14.6. The summed E-state index contributed by atoms with van der Waals surface area (Å²) in [6.45, 7) is 3.44. The van der Waals surface area contributed by atoms with E-state index in [-0.39, 0.29) is 11.9 Å². The lowest BCUT2D eigenvalue weighted by Gasteiger charge is -2.34. The summed E-state index contributed by atoms with van der Waals surface area (Å²) in [6.07, 6.45) is 5.29. The van der Waals surface area contributed by atoms with E-state index in [4.69, 9.17) is 11.6 Å². The number of sulfonamides is 1. The molecule has 0 bridgehead atoms. The summed E-state index contributed by atoms with van der Waals surface area (Å²) in [6, 6.07) is 4.44. The number of halogens is 1. The Kier molecular flexibility index (Phi) is 5.81. The number of anilines is 1. The molecule has 0 radical (unpaired) electrons. The number of carbonyl (C=O) groups is 1. The molecule has 1 amide bonds. The molecule has 0 N–H and O–H groups in total. The standard InChI is InChI=1S/C17H25ClN2O3S/c1-12-9-10-14(18)11-16(12)20(24(4,22)23)13(2)17(21)19(3)15-7-5-6-8-15/h9-11,13,15H,5-8H2,1-4H3/t13-/m1/s1. The van der Waals surface area contributed by atoms with Crippen molar-refractivity contribution in [3.05, 3.63) is 28.8 Å². The van der Waals surface area contributed by atoms with Crippen LogP contribution in [0.15, 0.2) is 18.2 Å². The van der Waals surface area contributed by atoms with Gasteiger partial charge in [-0.05, 0) is 44.4 Å². The van der Waals surface area contributed by atoms with E-state index in [9.17, 15) is 13.2 Å². The van der Waals surface area contributed by atoms with Crippen LogP contribution in [0.3, 0.4) is 0 Å². The van der Waals surface area contributed by atoms with Crippen molar-refractivity contribution in [2.75, 3.05) is 17.6 Å². The average molecular weight is 373 g/mol. The molecular weight excluding hydrogens is 348 g/mol. The van der Waals surface area contributed by atoms with Gasteiger partial charge in [-0.25, -0.2) is 8.42 Å². The van der Waals surface area contributed by atoms with E-state index in [2.05, 4.69) is 0 Å². The van der Waals surface area contributed by atoms with Gasteiger partial charge in [-0.1, -0.05) is 30.5 Å². The van der Waals surface area contributed by atoms with Gasteiger partial charge in [-0.3, -0.25) is 9.10 Å². The summed E-state index contributed by atoms with van der Waals surface area (Å²) >= 11 is 6.04. The predicted octanol–water partition coefficient (Wildman–Crippen LogP) is 3.20. The van der Waals surface area contributed by atoms with Crippen LogP contribution in [0.4, 0.5) is 5.69 Å². The lowest BCUT2D eigenvalue weighted by Crippen LogP contribution is -2.50. The van der Waals surface area contributed by atoms with Gasteiger partial charge in [0.2, 0.25) is 15.9 Å². The fourth-order valence-electron chi connectivity index (χ4n) is 3.36. The first kappa shape index (κ1) is 19.1. The van der Waals surface area contributed by atoms with Crippen LogP contribution < -0.4 is 4.31 Å². The third kappa shape index (κ3) is 4.03. The fraction of sp³-hybridized carbons (Fsp3) is 0.588. The molecule has 0 heterocycles. The zero-order chi connectivity index (χ0) is 18.1. The molecule has 1 aromatic rings. The number of hydrogen-bond donors (Lipinski definition) is 0. The maximum atomic E-state index is 12.9. The van der Waals surface area contributed by atoms with Crippen LogP contribution >= 0.6 is 11.6 Å². The van der Waals surface area contributed by atoms with Crippen molar-refractivity contribution in [3.63, 3.8) is 0 Å². The van der Waals surface area contributed by atoms with Gasteiger partial charge in [-0.2, -0.15) is 0 Å². The molecule has 1 saturated carbocycles. The van der Waals surface area contributed by atoms with Gasteiger partial charge in [0.1, 0.15) is 6.04 Å². The molecule has 1 fully saturated rings. The first-order valence-electron chi connectivity index (χ1n) is 8.15. The summed E-state index contributed by atoms with van der Waals surface area (Å²) in [5.41, 5.74) is 1.21. The minimum atomic E-state index is -3.63. The molecule has 5 nitrogen and oxygen atoms in total. The number of amides is 1. The lowest BCUT2D eigenvalue weighted by molar-refractivity contribution is -0.132. The monoisotopic (exact) mass is 372 g/mol. The Morgan fingerprint density at radius 1 is 1.29 bits per heavy atom. The second-order valence-electron chi connectivity index (χ2n) is 6.55. The van der Waals surface area contributed by atoms with Gasteiger partial charge >= 0.3 is 0 Å². The van der Waals surface area contributed by atoms with E-state index < -0.39 is 16.1 Å². The summed E-state index contributed by atoms with van der Waals surface area (Å²) in [7, 11) is -1.87. The van der Waals surface area contributed by atoms with Gasteiger partial charge in [0, 0.05) is 18.1 Å². The minimum Gasteiger partial charge on any atom is -0.341 e. The van der Waals surface area contributed by atoms with Crippen molar-refractivity contribution in [2.45, 2.75) is 51.6 Å². The molecule has 0 aliphatic heterocycles. The van der Waals surface area contributed by atoms with E-state index in [1.165, 1.54) is 4.31 Å². The van der Waals surface area contributed by atoms with Crippen molar-refractivity contribution in [1.29, 1.82) is 0 Å². The van der Waals surface area contributed by atoms with Crippen LogP contribution in [0.2, 0.25) is 5.02 Å². The summed E-state index contributed by atoms with van der Waals surface area (Å²) in [5.74, 6) is -0.188. The number of likely N-dealkylation sites (N-methyl/N-ethyl adjacent to an activating group) is 1. The third-order valence-electron chi connectivity index (χ3n) is 4.70. The molecule has 1 aliphatic carbocycles. The predicted molar refractivity (Wildman–Crippen MR) is 98.0 cm³/mol. The molecule has 7 heteroatoms. The fourth-order valence-corrected chi connectivity index (χ4v) is 4.75. The molecule has 1 aromatic carbocycles. The minimum absolute atomic E-state index is 0.188. The number of nitrogens with zero attached hydrogens (tertiary/aromatic N) is 2. The van der Waals surface area contributed by atoms with Crippen molar-refractivity contribution in [1.82, 2.24) is 4.90 Å². The quantitative estimate of drug-likeness (QED) is 0.797.